The lowest BCUT2D eigenvalue weighted by molar-refractivity contribution is 1.50. The molecule has 0 aliphatic heterocycles. The summed E-state index contributed by atoms with van der Waals surface area (Å²) < 4.78 is 0. The molecular formula is C8H18S. The second kappa shape index (κ2) is 15.6. The molecule has 0 atom stereocenters. The molecule has 0 aliphatic rings. The van der Waals surface area contributed by atoms with Crippen molar-refractivity contribution < 1.29 is 0 Å². The maximum atomic E-state index is 2.04. The molecule has 0 saturated carbocycles. The summed E-state index contributed by atoms with van der Waals surface area (Å²) in [4.78, 5) is 0. The fourth-order valence-electron chi connectivity index (χ4n) is 0.227. The number of hydrogen-bond acceptors (Lipinski definition) is 1. The smallest absolute Gasteiger partial charge is 0.00934 e. The van der Waals surface area contributed by atoms with Gasteiger partial charge in [0.15, 0.2) is 0 Å². The van der Waals surface area contributed by atoms with Gasteiger partial charge in [-0.05, 0) is 10.8 Å². The molecular weight excluding hydrogens is 128 g/mol. The third kappa shape index (κ3) is 11.3. The third-order valence-corrected chi connectivity index (χ3v) is 1.05. The highest BCUT2D eigenvalue weighted by atomic mass is 32.1. The predicted molar refractivity (Wildman–Crippen MR) is 49.1 cm³/mol. The zero-order valence-corrected chi connectivity index (χ0v) is 5.53. The van der Waals surface area contributed by atoms with Gasteiger partial charge < -0.3 is 0 Å². The molecule has 1 aromatic heterocycles. The van der Waals surface area contributed by atoms with Crippen molar-refractivity contribution in [2.45, 2.75) is 28.7 Å². The second-order valence-electron chi connectivity index (χ2n) is 0.793. The highest BCUT2D eigenvalue weighted by Crippen LogP contribution is 1.91. The van der Waals surface area contributed by atoms with E-state index in [-0.39, 0.29) is 14.9 Å². The molecule has 1 aromatic rings. The normalized spacial score (nSPS) is 5.11. The highest BCUT2D eigenvalue weighted by molar-refractivity contribution is 7.07. The van der Waals surface area contributed by atoms with Crippen molar-refractivity contribution in [2.75, 3.05) is 0 Å². The first-order chi connectivity index (χ1) is 3.50. The van der Waals surface area contributed by atoms with Crippen LogP contribution in [-0.2, 0) is 0 Å². The van der Waals surface area contributed by atoms with Crippen molar-refractivity contribution in [1.29, 1.82) is 0 Å². The van der Waals surface area contributed by atoms with Crippen LogP contribution in [-0.4, -0.2) is 0 Å². The van der Waals surface area contributed by atoms with Gasteiger partial charge in [0, 0.05) is 0 Å². The molecule has 9 heavy (non-hydrogen) atoms. The van der Waals surface area contributed by atoms with Gasteiger partial charge in [0.1, 0.15) is 0 Å². The highest BCUT2D eigenvalue weighted by Gasteiger charge is 1.58. The number of thiophene rings is 1. The van der Waals surface area contributed by atoms with E-state index in [9.17, 15) is 0 Å². The molecule has 0 saturated heterocycles. The molecule has 0 bridgehead atoms. The molecule has 0 aliphatic carbocycles. The lowest BCUT2D eigenvalue weighted by atomic mass is 10.7. The molecule has 1 heterocycles. The summed E-state index contributed by atoms with van der Waals surface area (Å²) in [6.07, 6.45) is 0. The van der Waals surface area contributed by atoms with Gasteiger partial charge in [-0.2, -0.15) is 11.3 Å². The number of rotatable bonds is 0. The standard InChI is InChI=1S/C4H4S.C2H6.2CH4/c1-2-4-5-3-1;1-2;;/h1-4H;1-2H3;2*1H4. The molecule has 0 fully saturated rings. The fraction of sp³-hybridized carbons (Fsp3) is 0.500. The summed E-state index contributed by atoms with van der Waals surface area (Å²) in [7, 11) is 0. The van der Waals surface area contributed by atoms with Gasteiger partial charge in [-0.1, -0.05) is 40.8 Å². The summed E-state index contributed by atoms with van der Waals surface area (Å²) in [6, 6.07) is 4.04. The van der Waals surface area contributed by atoms with Crippen molar-refractivity contribution in [3.8, 4) is 0 Å². The Morgan fingerprint density at radius 2 is 1.22 bits per heavy atom. The van der Waals surface area contributed by atoms with Gasteiger partial charge in [-0.15, -0.1) is 0 Å². The van der Waals surface area contributed by atoms with E-state index in [1.165, 1.54) is 0 Å². The van der Waals surface area contributed by atoms with E-state index in [0.717, 1.165) is 0 Å². The van der Waals surface area contributed by atoms with Crippen molar-refractivity contribution >= 4 is 11.3 Å². The van der Waals surface area contributed by atoms with Crippen LogP contribution in [0.4, 0.5) is 0 Å². The van der Waals surface area contributed by atoms with Gasteiger partial charge in [0.2, 0.25) is 0 Å². The minimum Gasteiger partial charge on any atom is -0.152 e. The maximum absolute atomic E-state index is 2.04. The van der Waals surface area contributed by atoms with Crippen molar-refractivity contribution in [3.63, 3.8) is 0 Å². The van der Waals surface area contributed by atoms with Crippen LogP contribution >= 0.6 is 11.3 Å². The molecule has 0 spiro atoms. The molecule has 56 valence electrons. The van der Waals surface area contributed by atoms with Gasteiger partial charge in [0.25, 0.3) is 0 Å². The van der Waals surface area contributed by atoms with Crippen LogP contribution in [0.2, 0.25) is 0 Å². The molecule has 1 rings (SSSR count). The molecule has 1 heteroatoms. The Morgan fingerprint density at radius 3 is 1.33 bits per heavy atom. The third-order valence-electron chi connectivity index (χ3n) is 0.425. The Bertz CT molecular complexity index is 61.0. The van der Waals surface area contributed by atoms with Crippen LogP contribution in [0.15, 0.2) is 22.9 Å². The molecule has 0 amide bonds. The van der Waals surface area contributed by atoms with E-state index < -0.39 is 0 Å². The lowest BCUT2D eigenvalue weighted by Crippen LogP contribution is -1.16. The minimum atomic E-state index is 0. The molecule has 0 nitrogen and oxygen atoms in total. The average molecular weight is 146 g/mol. The Hall–Kier alpha value is -0.300. The van der Waals surface area contributed by atoms with E-state index in [4.69, 9.17) is 0 Å². The van der Waals surface area contributed by atoms with Gasteiger partial charge >= 0.3 is 0 Å². The summed E-state index contributed by atoms with van der Waals surface area (Å²) in [6.45, 7) is 4.00. The fourth-order valence-corrected chi connectivity index (χ4v) is 0.680. The Kier molecular flexibility index (Phi) is 27.6. The van der Waals surface area contributed by atoms with E-state index in [0.29, 0.717) is 0 Å². The van der Waals surface area contributed by atoms with Crippen molar-refractivity contribution in [2.24, 2.45) is 0 Å². The maximum Gasteiger partial charge on any atom is -0.00934 e. The first kappa shape index (κ1) is 15.9. The summed E-state index contributed by atoms with van der Waals surface area (Å²) in [5.41, 5.74) is 0. The molecule has 0 unspecified atom stereocenters. The SMILES string of the molecule is C.C.CC.c1ccsc1. The first-order valence-electron chi connectivity index (χ1n) is 2.47. The lowest BCUT2D eigenvalue weighted by Gasteiger charge is -1.39. The van der Waals surface area contributed by atoms with Crippen LogP contribution in [0.3, 0.4) is 0 Å². The van der Waals surface area contributed by atoms with Gasteiger partial charge in [-0.25, -0.2) is 0 Å². The van der Waals surface area contributed by atoms with E-state index in [2.05, 4.69) is 0 Å². The topological polar surface area (TPSA) is 0 Å². The van der Waals surface area contributed by atoms with E-state index in [1.54, 1.807) is 11.3 Å². The largest absolute Gasteiger partial charge is 0.152 e. The first-order valence-corrected chi connectivity index (χ1v) is 3.41. The zero-order valence-electron chi connectivity index (χ0n) is 4.72. The van der Waals surface area contributed by atoms with Gasteiger partial charge in [-0.3, -0.25) is 0 Å². The van der Waals surface area contributed by atoms with Crippen LogP contribution in [0.25, 0.3) is 0 Å². The monoisotopic (exact) mass is 146 g/mol. The van der Waals surface area contributed by atoms with Crippen molar-refractivity contribution in [1.82, 2.24) is 0 Å². The van der Waals surface area contributed by atoms with Crippen LogP contribution in [0.1, 0.15) is 28.7 Å². The Labute approximate surface area is 63.5 Å². The molecule has 0 N–H and O–H groups in total. The second-order valence-corrected chi connectivity index (χ2v) is 1.61. The molecule has 0 radical (unpaired) electrons. The Balaban J connectivity index is -0.0000000836. The quantitative estimate of drug-likeness (QED) is 0.518. The van der Waals surface area contributed by atoms with Crippen molar-refractivity contribution in [3.05, 3.63) is 22.9 Å². The van der Waals surface area contributed by atoms with Crippen LogP contribution in [0, 0.1) is 0 Å². The predicted octanol–water partition coefficient (Wildman–Crippen LogP) is 4.05. The Morgan fingerprint density at radius 1 is 0.889 bits per heavy atom. The van der Waals surface area contributed by atoms with Gasteiger partial charge in [0.05, 0.1) is 0 Å². The summed E-state index contributed by atoms with van der Waals surface area (Å²) in [5, 5.41) is 4.08. The van der Waals surface area contributed by atoms with E-state index in [1.807, 2.05) is 36.7 Å². The van der Waals surface area contributed by atoms with E-state index >= 15 is 0 Å². The summed E-state index contributed by atoms with van der Waals surface area (Å²) in [5.74, 6) is 0. The van der Waals surface area contributed by atoms with Crippen LogP contribution in [0.5, 0.6) is 0 Å². The average Bonchev–Trinajstić information content (AvgIpc) is 2.23. The number of hydrogen-bond donors (Lipinski definition) is 0. The summed E-state index contributed by atoms with van der Waals surface area (Å²) >= 11 is 1.71. The van der Waals surface area contributed by atoms with Crippen LogP contribution < -0.4 is 0 Å². The zero-order chi connectivity index (χ0) is 5.54. The molecule has 0 aromatic carbocycles. The minimum absolute atomic E-state index is 0.